The Balaban J connectivity index is 2.02. The van der Waals surface area contributed by atoms with Crippen molar-refractivity contribution in [2.45, 2.75) is 17.8 Å². The molecule has 0 aliphatic rings. The molecule has 0 amide bonds. The predicted octanol–water partition coefficient (Wildman–Crippen LogP) is 2.72. The van der Waals surface area contributed by atoms with E-state index in [1.165, 1.54) is 5.56 Å². The molecule has 4 heteroatoms. The lowest BCUT2D eigenvalue weighted by Crippen LogP contribution is -1.83. The normalized spacial score (nSPS) is 10.5. The summed E-state index contributed by atoms with van der Waals surface area (Å²) in [5, 5.41) is 10.3. The van der Waals surface area contributed by atoms with E-state index in [1.54, 1.807) is 24.0 Å². The van der Waals surface area contributed by atoms with Crippen molar-refractivity contribution in [1.29, 1.82) is 0 Å². The van der Waals surface area contributed by atoms with E-state index in [1.807, 2.05) is 25.3 Å². The third-order valence-corrected chi connectivity index (χ3v) is 3.08. The van der Waals surface area contributed by atoms with Gasteiger partial charge in [0.2, 0.25) is 0 Å². The van der Waals surface area contributed by atoms with E-state index in [2.05, 4.69) is 9.97 Å². The van der Waals surface area contributed by atoms with Gasteiger partial charge in [0.05, 0.1) is 0 Å². The van der Waals surface area contributed by atoms with Gasteiger partial charge < -0.3 is 10.1 Å². The highest BCUT2D eigenvalue weighted by Gasteiger charge is 2.00. The lowest BCUT2D eigenvalue weighted by molar-refractivity contribution is 0.471. The van der Waals surface area contributed by atoms with Crippen LogP contribution >= 0.6 is 11.8 Å². The summed E-state index contributed by atoms with van der Waals surface area (Å²) in [5.41, 5.74) is 2.10. The SMILES string of the molecule is Cc1cc(CSc2ncc[nH]2)ccc1O. The first kappa shape index (κ1) is 10.1. The van der Waals surface area contributed by atoms with Gasteiger partial charge in [-0.1, -0.05) is 23.9 Å². The van der Waals surface area contributed by atoms with Gasteiger partial charge in [-0.3, -0.25) is 0 Å². The number of hydrogen-bond donors (Lipinski definition) is 2. The van der Waals surface area contributed by atoms with Gasteiger partial charge in [0.1, 0.15) is 5.75 Å². The van der Waals surface area contributed by atoms with Crippen LogP contribution in [0.25, 0.3) is 0 Å². The number of nitrogens with zero attached hydrogens (tertiary/aromatic N) is 1. The summed E-state index contributed by atoms with van der Waals surface area (Å²) < 4.78 is 0. The molecule has 2 rings (SSSR count). The van der Waals surface area contributed by atoms with Crippen molar-refractivity contribution in [3.05, 3.63) is 41.7 Å². The smallest absolute Gasteiger partial charge is 0.165 e. The van der Waals surface area contributed by atoms with Crippen molar-refractivity contribution in [2.75, 3.05) is 0 Å². The fourth-order valence-electron chi connectivity index (χ4n) is 1.29. The van der Waals surface area contributed by atoms with Crippen LogP contribution in [-0.2, 0) is 5.75 Å². The summed E-state index contributed by atoms with van der Waals surface area (Å²) in [6, 6.07) is 5.65. The average Bonchev–Trinajstić information content (AvgIpc) is 2.73. The fourth-order valence-corrected chi connectivity index (χ4v) is 2.06. The van der Waals surface area contributed by atoms with E-state index >= 15 is 0 Å². The second-order valence-electron chi connectivity index (χ2n) is 3.30. The number of nitrogens with one attached hydrogen (secondary N) is 1. The highest BCUT2D eigenvalue weighted by atomic mass is 32.2. The molecule has 0 saturated carbocycles. The van der Waals surface area contributed by atoms with Crippen molar-refractivity contribution in [3.63, 3.8) is 0 Å². The highest BCUT2D eigenvalue weighted by Crippen LogP contribution is 2.22. The van der Waals surface area contributed by atoms with Crippen LogP contribution < -0.4 is 0 Å². The minimum atomic E-state index is 0.349. The van der Waals surface area contributed by atoms with Gasteiger partial charge in [0.15, 0.2) is 5.16 Å². The molecular formula is C11H12N2OS. The van der Waals surface area contributed by atoms with Crippen LogP contribution in [0.4, 0.5) is 0 Å². The molecule has 1 aromatic carbocycles. The summed E-state index contributed by atoms with van der Waals surface area (Å²) in [4.78, 5) is 7.17. The molecule has 15 heavy (non-hydrogen) atoms. The molecule has 2 N–H and O–H groups in total. The maximum Gasteiger partial charge on any atom is 0.165 e. The number of imidazole rings is 1. The minimum absolute atomic E-state index is 0.349. The summed E-state index contributed by atoms with van der Waals surface area (Å²) >= 11 is 1.65. The van der Waals surface area contributed by atoms with Crippen molar-refractivity contribution in [2.24, 2.45) is 0 Å². The van der Waals surface area contributed by atoms with Crippen LogP contribution in [-0.4, -0.2) is 15.1 Å². The molecule has 0 saturated heterocycles. The molecule has 0 unspecified atom stereocenters. The van der Waals surface area contributed by atoms with Gasteiger partial charge in [-0.15, -0.1) is 0 Å². The van der Waals surface area contributed by atoms with E-state index in [0.29, 0.717) is 5.75 Å². The predicted molar refractivity (Wildman–Crippen MR) is 61.0 cm³/mol. The number of aromatic hydroxyl groups is 1. The molecule has 78 valence electrons. The van der Waals surface area contributed by atoms with Crippen molar-refractivity contribution < 1.29 is 5.11 Å². The van der Waals surface area contributed by atoms with Crippen LogP contribution in [0.1, 0.15) is 11.1 Å². The molecule has 0 atom stereocenters. The Morgan fingerprint density at radius 1 is 1.47 bits per heavy atom. The number of aryl methyl sites for hydroxylation is 1. The first-order valence-corrected chi connectivity index (χ1v) is 5.65. The number of phenols is 1. The Morgan fingerprint density at radius 3 is 3.00 bits per heavy atom. The van der Waals surface area contributed by atoms with E-state index in [4.69, 9.17) is 0 Å². The molecule has 0 bridgehead atoms. The number of aromatic amines is 1. The largest absolute Gasteiger partial charge is 0.508 e. The first-order chi connectivity index (χ1) is 7.25. The van der Waals surface area contributed by atoms with Crippen LogP contribution in [0.5, 0.6) is 5.75 Å². The van der Waals surface area contributed by atoms with Crippen molar-refractivity contribution in [3.8, 4) is 5.75 Å². The van der Waals surface area contributed by atoms with Gasteiger partial charge in [0, 0.05) is 18.1 Å². The topological polar surface area (TPSA) is 48.9 Å². The lowest BCUT2D eigenvalue weighted by Gasteiger charge is -2.02. The molecule has 0 fully saturated rings. The summed E-state index contributed by atoms with van der Waals surface area (Å²) in [7, 11) is 0. The quantitative estimate of drug-likeness (QED) is 0.782. The van der Waals surface area contributed by atoms with Gasteiger partial charge >= 0.3 is 0 Å². The summed E-state index contributed by atoms with van der Waals surface area (Å²) in [6.45, 7) is 1.90. The number of thioether (sulfide) groups is 1. The molecule has 0 aliphatic carbocycles. The molecule has 0 spiro atoms. The van der Waals surface area contributed by atoms with E-state index < -0.39 is 0 Å². The third kappa shape index (κ3) is 2.53. The van der Waals surface area contributed by atoms with Gasteiger partial charge in [-0.05, 0) is 24.1 Å². The molecule has 0 radical (unpaired) electrons. The maximum absolute atomic E-state index is 9.37. The summed E-state index contributed by atoms with van der Waals surface area (Å²) in [6.07, 6.45) is 3.55. The average molecular weight is 220 g/mol. The Labute approximate surface area is 92.6 Å². The standard InChI is InChI=1S/C11H12N2OS/c1-8-6-9(2-3-10(8)14)7-15-11-12-4-5-13-11/h2-6,14H,7H2,1H3,(H,12,13). The van der Waals surface area contributed by atoms with Gasteiger partial charge in [-0.25, -0.2) is 4.98 Å². The van der Waals surface area contributed by atoms with Crippen LogP contribution in [0.15, 0.2) is 35.7 Å². The number of rotatable bonds is 3. The van der Waals surface area contributed by atoms with E-state index in [0.717, 1.165) is 16.5 Å². The zero-order valence-electron chi connectivity index (χ0n) is 8.40. The fraction of sp³-hybridized carbons (Fsp3) is 0.182. The zero-order chi connectivity index (χ0) is 10.7. The number of aromatic nitrogens is 2. The van der Waals surface area contributed by atoms with Crippen molar-refractivity contribution in [1.82, 2.24) is 9.97 Å². The molecule has 2 aromatic rings. The number of phenolic OH excluding ortho intramolecular Hbond substituents is 1. The third-order valence-electron chi connectivity index (χ3n) is 2.11. The lowest BCUT2D eigenvalue weighted by atomic mass is 10.1. The molecule has 1 heterocycles. The Morgan fingerprint density at radius 2 is 2.33 bits per heavy atom. The maximum atomic E-state index is 9.37. The monoisotopic (exact) mass is 220 g/mol. The van der Waals surface area contributed by atoms with Crippen LogP contribution in [0.2, 0.25) is 0 Å². The summed E-state index contributed by atoms with van der Waals surface area (Å²) in [5.74, 6) is 1.20. The molecule has 0 aliphatic heterocycles. The van der Waals surface area contributed by atoms with E-state index in [9.17, 15) is 5.11 Å². The zero-order valence-corrected chi connectivity index (χ0v) is 9.21. The Kier molecular flexibility index (Phi) is 2.97. The molecule has 3 nitrogen and oxygen atoms in total. The Bertz CT molecular complexity index is 440. The second-order valence-corrected chi connectivity index (χ2v) is 4.27. The van der Waals surface area contributed by atoms with E-state index in [-0.39, 0.29) is 0 Å². The first-order valence-electron chi connectivity index (χ1n) is 4.66. The van der Waals surface area contributed by atoms with Crippen molar-refractivity contribution >= 4 is 11.8 Å². The van der Waals surface area contributed by atoms with Gasteiger partial charge in [-0.2, -0.15) is 0 Å². The van der Waals surface area contributed by atoms with Gasteiger partial charge in [0.25, 0.3) is 0 Å². The van der Waals surface area contributed by atoms with Crippen LogP contribution in [0.3, 0.4) is 0 Å². The number of H-pyrrole nitrogens is 1. The molecular weight excluding hydrogens is 208 g/mol. The second kappa shape index (κ2) is 4.40. The molecule has 1 aromatic heterocycles. The minimum Gasteiger partial charge on any atom is -0.508 e. The van der Waals surface area contributed by atoms with Crippen LogP contribution in [0, 0.1) is 6.92 Å². The number of hydrogen-bond acceptors (Lipinski definition) is 3. The highest BCUT2D eigenvalue weighted by molar-refractivity contribution is 7.98. The number of benzene rings is 1. The Hall–Kier alpha value is -1.42.